The number of rotatable bonds is 8. The van der Waals surface area contributed by atoms with E-state index in [0.29, 0.717) is 6.54 Å². The Bertz CT molecular complexity index is 575. The third kappa shape index (κ3) is 8.55. The highest BCUT2D eigenvalue weighted by Gasteiger charge is 2.14. The quantitative estimate of drug-likeness (QED) is 0.226. The molecule has 2 rings (SSSR count). The number of aliphatic imine (C=N–C) groups is 1. The third-order valence-electron chi connectivity index (χ3n) is 4.86. The molecule has 3 N–H and O–H groups in total. The van der Waals surface area contributed by atoms with Gasteiger partial charge in [-0.05, 0) is 69.9 Å². The lowest BCUT2D eigenvalue weighted by atomic mass is 9.99. The van der Waals surface area contributed by atoms with Crippen LogP contribution in [0.4, 0.5) is 0 Å². The molecule has 0 radical (unpaired) electrons. The number of likely N-dealkylation sites (tertiary alicyclic amines) is 1. The van der Waals surface area contributed by atoms with Gasteiger partial charge in [0.05, 0.1) is 13.7 Å². The Morgan fingerprint density at radius 1 is 1.30 bits per heavy atom. The number of ether oxygens (including phenoxy) is 1. The van der Waals surface area contributed by atoms with Gasteiger partial charge in [0, 0.05) is 18.7 Å². The first-order valence-corrected chi connectivity index (χ1v) is 9.72. The van der Waals surface area contributed by atoms with E-state index in [2.05, 4.69) is 34.4 Å². The van der Waals surface area contributed by atoms with Gasteiger partial charge >= 0.3 is 0 Å². The third-order valence-corrected chi connectivity index (χ3v) is 4.86. The van der Waals surface area contributed by atoms with Crippen molar-refractivity contribution in [3.63, 3.8) is 0 Å². The number of aromatic hydroxyl groups is 1. The van der Waals surface area contributed by atoms with Crippen LogP contribution in [0.5, 0.6) is 11.5 Å². The maximum absolute atomic E-state index is 9.98. The summed E-state index contributed by atoms with van der Waals surface area (Å²) >= 11 is 0. The van der Waals surface area contributed by atoms with Gasteiger partial charge in [-0.15, -0.1) is 24.0 Å². The normalized spacial score (nSPS) is 15.9. The minimum Gasteiger partial charge on any atom is -0.508 e. The van der Waals surface area contributed by atoms with Gasteiger partial charge in [0.2, 0.25) is 0 Å². The number of methoxy groups -OCH3 is 1. The molecule has 0 spiro atoms. The van der Waals surface area contributed by atoms with Crippen LogP contribution in [0.1, 0.15) is 38.7 Å². The molecule has 0 amide bonds. The Balaban J connectivity index is 0.00000364. The van der Waals surface area contributed by atoms with Crippen molar-refractivity contribution in [2.45, 2.75) is 39.7 Å². The number of phenols is 1. The molecule has 0 unspecified atom stereocenters. The van der Waals surface area contributed by atoms with Crippen LogP contribution in [-0.2, 0) is 6.54 Å². The number of phenolic OH excluding ortho intramolecular Hbond substituents is 1. The van der Waals surface area contributed by atoms with Crippen molar-refractivity contribution < 1.29 is 9.84 Å². The molecule has 1 aromatic rings. The fraction of sp³-hybridized carbons (Fsp3) is 0.650. The molecule has 0 saturated carbocycles. The Morgan fingerprint density at radius 2 is 2.04 bits per heavy atom. The van der Waals surface area contributed by atoms with E-state index in [0.717, 1.165) is 49.2 Å². The van der Waals surface area contributed by atoms with Crippen LogP contribution < -0.4 is 15.4 Å². The molecule has 154 valence electrons. The number of halogens is 1. The summed E-state index contributed by atoms with van der Waals surface area (Å²) in [6, 6.07) is 5.20. The SMILES string of the molecule is CCNC(=NCc1cc(OC)ccc1O)NCCCN1CCC(C)CC1.I. The minimum atomic E-state index is 0. The number of guanidine groups is 1. The summed E-state index contributed by atoms with van der Waals surface area (Å²) in [5.41, 5.74) is 0.754. The summed E-state index contributed by atoms with van der Waals surface area (Å²) in [5, 5.41) is 16.6. The van der Waals surface area contributed by atoms with E-state index in [4.69, 9.17) is 4.74 Å². The number of benzene rings is 1. The molecule has 1 aliphatic heterocycles. The number of nitrogens with zero attached hydrogens (tertiary/aromatic N) is 2. The molecule has 27 heavy (non-hydrogen) atoms. The first-order chi connectivity index (χ1) is 12.6. The number of nitrogens with one attached hydrogen (secondary N) is 2. The highest BCUT2D eigenvalue weighted by atomic mass is 127. The molecule has 0 aromatic heterocycles. The molecular formula is C20H35IN4O2. The molecule has 1 heterocycles. The molecule has 7 heteroatoms. The van der Waals surface area contributed by atoms with Crippen molar-refractivity contribution >= 4 is 29.9 Å². The number of hydrogen-bond acceptors (Lipinski definition) is 4. The molecule has 6 nitrogen and oxygen atoms in total. The summed E-state index contributed by atoms with van der Waals surface area (Å²) in [5.74, 6) is 2.62. The lowest BCUT2D eigenvalue weighted by Gasteiger charge is -2.30. The summed E-state index contributed by atoms with van der Waals surface area (Å²) in [6.07, 6.45) is 3.74. The van der Waals surface area contributed by atoms with Gasteiger partial charge in [-0.2, -0.15) is 0 Å². The first-order valence-electron chi connectivity index (χ1n) is 9.72. The van der Waals surface area contributed by atoms with E-state index < -0.39 is 0 Å². The molecule has 0 atom stereocenters. The van der Waals surface area contributed by atoms with Crippen LogP contribution in [0.3, 0.4) is 0 Å². The average Bonchev–Trinajstić information content (AvgIpc) is 2.65. The standard InChI is InChI=1S/C20H34N4O2.HI/c1-4-21-20(22-10-5-11-24-12-8-16(2)9-13-24)23-15-17-14-18(26-3)6-7-19(17)25;/h6-7,14,16,25H,4-5,8-13,15H2,1-3H3,(H2,21,22,23);1H. The lowest BCUT2D eigenvalue weighted by Crippen LogP contribution is -2.39. The first kappa shape index (κ1) is 23.8. The van der Waals surface area contributed by atoms with Crippen molar-refractivity contribution in [1.82, 2.24) is 15.5 Å². The van der Waals surface area contributed by atoms with Gasteiger partial charge in [0.1, 0.15) is 11.5 Å². The molecule has 0 aliphatic carbocycles. The molecular weight excluding hydrogens is 455 g/mol. The Labute approximate surface area is 180 Å². The Morgan fingerprint density at radius 3 is 2.70 bits per heavy atom. The van der Waals surface area contributed by atoms with Crippen molar-refractivity contribution in [3.05, 3.63) is 23.8 Å². The fourth-order valence-electron chi connectivity index (χ4n) is 3.12. The van der Waals surface area contributed by atoms with Crippen LogP contribution in [0.25, 0.3) is 0 Å². The summed E-state index contributed by atoms with van der Waals surface area (Å²) in [7, 11) is 1.62. The zero-order valence-electron chi connectivity index (χ0n) is 16.8. The zero-order valence-corrected chi connectivity index (χ0v) is 19.2. The molecule has 1 aliphatic rings. The van der Waals surface area contributed by atoms with Crippen LogP contribution >= 0.6 is 24.0 Å². The minimum absolute atomic E-state index is 0. The van der Waals surface area contributed by atoms with Crippen LogP contribution in [0.15, 0.2) is 23.2 Å². The highest BCUT2D eigenvalue weighted by molar-refractivity contribution is 14.0. The Kier molecular flexibility index (Phi) is 11.5. The maximum atomic E-state index is 9.98. The Hall–Kier alpha value is -1.22. The van der Waals surface area contributed by atoms with E-state index >= 15 is 0 Å². The summed E-state index contributed by atoms with van der Waals surface area (Å²) < 4.78 is 5.21. The summed E-state index contributed by atoms with van der Waals surface area (Å²) in [6.45, 7) is 10.1. The van der Waals surface area contributed by atoms with Crippen molar-refractivity contribution in [1.29, 1.82) is 0 Å². The predicted molar refractivity (Wildman–Crippen MR) is 122 cm³/mol. The van der Waals surface area contributed by atoms with Gasteiger partial charge in [-0.1, -0.05) is 6.92 Å². The second-order valence-electron chi connectivity index (χ2n) is 6.99. The fourth-order valence-corrected chi connectivity index (χ4v) is 3.12. The van der Waals surface area contributed by atoms with E-state index in [9.17, 15) is 5.11 Å². The second-order valence-corrected chi connectivity index (χ2v) is 6.99. The zero-order chi connectivity index (χ0) is 18.8. The number of hydrogen-bond donors (Lipinski definition) is 3. The van der Waals surface area contributed by atoms with Crippen LogP contribution in [0.2, 0.25) is 0 Å². The van der Waals surface area contributed by atoms with E-state index in [1.54, 1.807) is 19.2 Å². The number of piperidine rings is 1. The smallest absolute Gasteiger partial charge is 0.191 e. The van der Waals surface area contributed by atoms with Gasteiger partial charge < -0.3 is 25.4 Å². The van der Waals surface area contributed by atoms with Gasteiger partial charge in [0.15, 0.2) is 5.96 Å². The molecule has 1 saturated heterocycles. The van der Waals surface area contributed by atoms with E-state index in [1.165, 1.54) is 25.9 Å². The summed E-state index contributed by atoms with van der Waals surface area (Å²) in [4.78, 5) is 7.14. The van der Waals surface area contributed by atoms with Gasteiger partial charge in [-0.3, -0.25) is 0 Å². The molecule has 1 fully saturated rings. The largest absolute Gasteiger partial charge is 0.508 e. The molecule has 0 bridgehead atoms. The predicted octanol–water partition coefficient (Wildman–Crippen LogP) is 3.20. The second kappa shape index (κ2) is 13.0. The van der Waals surface area contributed by atoms with Crippen molar-refractivity contribution in [3.8, 4) is 11.5 Å². The van der Waals surface area contributed by atoms with E-state index in [-0.39, 0.29) is 29.7 Å². The van der Waals surface area contributed by atoms with Crippen molar-refractivity contribution in [2.75, 3.05) is 39.8 Å². The monoisotopic (exact) mass is 490 g/mol. The molecule has 1 aromatic carbocycles. The van der Waals surface area contributed by atoms with Gasteiger partial charge in [-0.25, -0.2) is 4.99 Å². The van der Waals surface area contributed by atoms with E-state index in [1.807, 2.05) is 6.07 Å². The maximum Gasteiger partial charge on any atom is 0.191 e. The lowest BCUT2D eigenvalue weighted by molar-refractivity contribution is 0.191. The highest BCUT2D eigenvalue weighted by Crippen LogP contribution is 2.23. The van der Waals surface area contributed by atoms with Crippen LogP contribution in [0, 0.1) is 5.92 Å². The van der Waals surface area contributed by atoms with Crippen LogP contribution in [-0.4, -0.2) is 55.8 Å². The van der Waals surface area contributed by atoms with Crippen molar-refractivity contribution in [2.24, 2.45) is 10.9 Å². The van der Waals surface area contributed by atoms with Gasteiger partial charge in [0.25, 0.3) is 0 Å². The topological polar surface area (TPSA) is 69.1 Å². The average molecular weight is 490 g/mol.